The van der Waals surface area contributed by atoms with Crippen molar-refractivity contribution in [3.05, 3.63) is 80.6 Å². The van der Waals surface area contributed by atoms with Gasteiger partial charge in [0, 0.05) is 11.1 Å². The second-order valence-electron chi connectivity index (χ2n) is 6.27. The van der Waals surface area contributed by atoms with Crippen LogP contribution >= 0.6 is 39.1 Å². The van der Waals surface area contributed by atoms with Gasteiger partial charge in [-0.25, -0.2) is 13.8 Å². The fraction of sp³-hybridized carbons (Fsp3) is 0.100. The van der Waals surface area contributed by atoms with Crippen molar-refractivity contribution in [2.45, 2.75) is 11.8 Å². The number of halogens is 3. The van der Waals surface area contributed by atoms with E-state index in [0.717, 1.165) is 8.78 Å². The highest BCUT2D eigenvalue weighted by Gasteiger charge is 2.28. The Labute approximate surface area is 197 Å². The minimum Gasteiger partial charge on any atom is -0.459 e. The van der Waals surface area contributed by atoms with Crippen LogP contribution in [0.3, 0.4) is 0 Å². The predicted octanol–water partition coefficient (Wildman–Crippen LogP) is 5.00. The summed E-state index contributed by atoms with van der Waals surface area (Å²) in [6, 6.07) is 13.7. The van der Waals surface area contributed by atoms with Gasteiger partial charge in [0.25, 0.3) is 15.9 Å². The van der Waals surface area contributed by atoms with Gasteiger partial charge in [-0.15, -0.1) is 0 Å². The summed E-state index contributed by atoms with van der Waals surface area (Å²) in [7, 11) is -4.10. The Hall–Kier alpha value is -2.33. The number of furan rings is 1. The lowest BCUT2D eigenvalue weighted by molar-refractivity contribution is -0.119. The van der Waals surface area contributed by atoms with Gasteiger partial charge < -0.3 is 4.42 Å². The molecule has 0 atom stereocenters. The highest BCUT2D eigenvalue weighted by atomic mass is 79.9. The number of benzene rings is 2. The molecular weight excluding hydrogens is 529 g/mol. The van der Waals surface area contributed by atoms with E-state index in [9.17, 15) is 13.2 Å². The molecule has 0 aliphatic rings. The van der Waals surface area contributed by atoms with Gasteiger partial charge in [0.2, 0.25) is 0 Å². The van der Waals surface area contributed by atoms with Gasteiger partial charge in [-0.2, -0.15) is 5.10 Å². The van der Waals surface area contributed by atoms with Crippen LogP contribution < -0.4 is 9.73 Å². The van der Waals surface area contributed by atoms with E-state index in [1.54, 1.807) is 31.2 Å². The van der Waals surface area contributed by atoms with Crippen LogP contribution in [-0.2, 0) is 14.8 Å². The molecule has 1 N–H and O–H groups in total. The van der Waals surface area contributed by atoms with Crippen molar-refractivity contribution in [1.29, 1.82) is 0 Å². The summed E-state index contributed by atoms with van der Waals surface area (Å²) >= 11 is 15.5. The van der Waals surface area contributed by atoms with Crippen molar-refractivity contribution in [3.63, 3.8) is 0 Å². The Morgan fingerprint density at radius 3 is 2.52 bits per heavy atom. The Kier molecular flexibility index (Phi) is 7.42. The minimum absolute atomic E-state index is 0.00762. The van der Waals surface area contributed by atoms with E-state index in [0.29, 0.717) is 16.5 Å². The second-order valence-corrected chi connectivity index (χ2v) is 9.83. The third-order valence-corrected chi connectivity index (χ3v) is 7.15. The first kappa shape index (κ1) is 23.3. The molecule has 0 bridgehead atoms. The van der Waals surface area contributed by atoms with Crippen molar-refractivity contribution in [2.75, 3.05) is 10.8 Å². The topological polar surface area (TPSA) is 92.0 Å². The van der Waals surface area contributed by atoms with Gasteiger partial charge >= 0.3 is 0 Å². The number of hydrazone groups is 1. The summed E-state index contributed by atoms with van der Waals surface area (Å²) in [4.78, 5) is 12.5. The molecule has 0 unspecified atom stereocenters. The fourth-order valence-corrected chi connectivity index (χ4v) is 4.91. The number of hydrogen-bond acceptors (Lipinski definition) is 5. The van der Waals surface area contributed by atoms with Crippen LogP contribution in [0.1, 0.15) is 11.5 Å². The van der Waals surface area contributed by atoms with Crippen LogP contribution in [0.4, 0.5) is 5.69 Å². The first-order chi connectivity index (χ1) is 14.7. The van der Waals surface area contributed by atoms with Crippen molar-refractivity contribution >= 4 is 67.0 Å². The molecule has 162 valence electrons. The molecule has 0 saturated heterocycles. The molecule has 0 radical (unpaired) electrons. The molecule has 1 aromatic heterocycles. The highest BCUT2D eigenvalue weighted by molar-refractivity contribution is 9.10. The maximum atomic E-state index is 13.2. The summed E-state index contributed by atoms with van der Waals surface area (Å²) in [6.07, 6.45) is 1.31. The zero-order valence-electron chi connectivity index (χ0n) is 16.1. The average molecular weight is 545 g/mol. The highest BCUT2D eigenvalue weighted by Crippen LogP contribution is 2.32. The number of carbonyl (C=O) groups excluding carboxylic acids is 1. The lowest BCUT2D eigenvalue weighted by atomic mass is 10.3. The smallest absolute Gasteiger partial charge is 0.264 e. The summed E-state index contributed by atoms with van der Waals surface area (Å²) in [5, 5.41) is 4.24. The summed E-state index contributed by atoms with van der Waals surface area (Å²) < 4.78 is 33.5. The van der Waals surface area contributed by atoms with E-state index in [2.05, 4.69) is 26.5 Å². The van der Waals surface area contributed by atoms with Gasteiger partial charge in [0.05, 0.1) is 26.3 Å². The number of amides is 1. The first-order valence-electron chi connectivity index (χ1n) is 8.79. The molecule has 3 rings (SSSR count). The number of carbonyl (C=O) groups is 1. The molecule has 11 heteroatoms. The van der Waals surface area contributed by atoms with E-state index in [4.69, 9.17) is 27.6 Å². The number of hydrogen-bond donors (Lipinski definition) is 1. The van der Waals surface area contributed by atoms with E-state index in [1.165, 1.54) is 36.5 Å². The van der Waals surface area contributed by atoms with Crippen LogP contribution in [0.15, 0.2) is 73.5 Å². The Morgan fingerprint density at radius 1 is 1.19 bits per heavy atom. The maximum Gasteiger partial charge on any atom is 0.264 e. The van der Waals surface area contributed by atoms with Gasteiger partial charge in [-0.3, -0.25) is 9.10 Å². The minimum atomic E-state index is -4.10. The zero-order valence-corrected chi connectivity index (χ0v) is 20.0. The number of sulfonamides is 1. The van der Waals surface area contributed by atoms with E-state index in [1.807, 2.05) is 0 Å². The molecule has 2 aromatic carbocycles. The summed E-state index contributed by atoms with van der Waals surface area (Å²) in [6.45, 7) is 1.21. The van der Waals surface area contributed by atoms with Gasteiger partial charge in [0.15, 0.2) is 0 Å². The van der Waals surface area contributed by atoms with E-state index < -0.39 is 22.5 Å². The van der Waals surface area contributed by atoms with E-state index >= 15 is 0 Å². The molecule has 1 heterocycles. The monoisotopic (exact) mass is 543 g/mol. The number of rotatable bonds is 7. The molecule has 0 spiro atoms. The quantitative estimate of drug-likeness (QED) is 0.334. The number of aryl methyl sites for hydroxylation is 1. The van der Waals surface area contributed by atoms with Crippen LogP contribution in [0.25, 0.3) is 0 Å². The fourth-order valence-electron chi connectivity index (χ4n) is 2.58. The Bertz CT molecular complexity index is 1210. The molecule has 0 aliphatic heterocycles. The first-order valence-corrected chi connectivity index (χ1v) is 11.8. The van der Waals surface area contributed by atoms with Crippen molar-refractivity contribution < 1.29 is 17.6 Å². The molecule has 0 saturated carbocycles. The Morgan fingerprint density at radius 2 is 1.90 bits per heavy atom. The van der Waals surface area contributed by atoms with Crippen molar-refractivity contribution in [2.24, 2.45) is 5.10 Å². The van der Waals surface area contributed by atoms with Crippen LogP contribution in [0, 0.1) is 6.92 Å². The molecule has 3 aromatic rings. The van der Waals surface area contributed by atoms with Crippen LogP contribution in [0.2, 0.25) is 10.0 Å². The van der Waals surface area contributed by atoms with Gasteiger partial charge in [-0.05, 0) is 53.2 Å². The largest absolute Gasteiger partial charge is 0.459 e. The van der Waals surface area contributed by atoms with E-state index in [-0.39, 0.29) is 15.6 Å². The van der Waals surface area contributed by atoms with Crippen LogP contribution in [-0.4, -0.2) is 27.1 Å². The van der Waals surface area contributed by atoms with Gasteiger partial charge in [0.1, 0.15) is 18.1 Å². The molecule has 7 nitrogen and oxygen atoms in total. The van der Waals surface area contributed by atoms with Crippen molar-refractivity contribution in [1.82, 2.24) is 5.43 Å². The summed E-state index contributed by atoms with van der Waals surface area (Å²) in [5.41, 5.74) is 2.41. The molecule has 0 aliphatic carbocycles. The van der Waals surface area contributed by atoms with Crippen LogP contribution in [0.5, 0.6) is 0 Å². The van der Waals surface area contributed by atoms with Gasteiger partial charge in [-0.1, -0.05) is 41.4 Å². The molecule has 1 amide bonds. The number of nitrogens with zero attached hydrogens (tertiary/aromatic N) is 2. The number of nitrogens with one attached hydrogen (secondary N) is 1. The lowest BCUT2D eigenvalue weighted by Crippen LogP contribution is -2.39. The standard InChI is InChI=1S/C20H16BrCl2N3O4S/c1-13-17(21)10-15(30-13)11-24-25-20(27)12-26(19-8-7-14(22)9-18(19)23)31(28,29)16-5-3-2-4-6-16/h2-11H,12H2,1H3,(H,25,27)/b24-11-. The third-order valence-electron chi connectivity index (χ3n) is 4.05. The lowest BCUT2D eigenvalue weighted by Gasteiger charge is -2.24. The third kappa shape index (κ3) is 5.68. The molecule has 31 heavy (non-hydrogen) atoms. The predicted molar refractivity (Wildman–Crippen MR) is 124 cm³/mol. The Balaban J connectivity index is 1.87. The SMILES string of the molecule is Cc1oc(/C=N\NC(=O)CN(c2ccc(Cl)cc2Cl)S(=O)(=O)c2ccccc2)cc1Br. The van der Waals surface area contributed by atoms with Crippen molar-refractivity contribution in [3.8, 4) is 0 Å². The normalized spacial score (nSPS) is 11.6. The molecular formula is C20H16BrCl2N3O4S. The summed E-state index contributed by atoms with van der Waals surface area (Å²) in [5.74, 6) is 0.397. The maximum absolute atomic E-state index is 13.2. The zero-order chi connectivity index (χ0) is 22.6. The second kappa shape index (κ2) is 9.86. The molecule has 0 fully saturated rings. The number of anilines is 1. The average Bonchev–Trinajstić information content (AvgIpc) is 3.04.